The number of amides is 1. The predicted molar refractivity (Wildman–Crippen MR) is 85.6 cm³/mol. The van der Waals surface area contributed by atoms with Crippen molar-refractivity contribution < 1.29 is 22.9 Å². The molecule has 1 aliphatic rings. The maximum atomic E-state index is 11.8. The highest BCUT2D eigenvalue weighted by Gasteiger charge is 2.29. The SMILES string of the molecule is CSc1ccc(OCC(=O)N[C@@H]2CCS(=O)(=O)C2)c([N+](=O)[O-])c1. The van der Waals surface area contributed by atoms with Crippen molar-refractivity contribution in [1.29, 1.82) is 0 Å². The van der Waals surface area contributed by atoms with Crippen LogP contribution >= 0.6 is 11.8 Å². The highest BCUT2D eigenvalue weighted by atomic mass is 32.2. The molecule has 1 saturated heterocycles. The van der Waals surface area contributed by atoms with Gasteiger partial charge in [0.2, 0.25) is 0 Å². The molecular formula is C13H16N2O6S2. The number of carbonyl (C=O) groups is 1. The van der Waals surface area contributed by atoms with Gasteiger partial charge in [-0.2, -0.15) is 0 Å². The molecule has 8 nitrogen and oxygen atoms in total. The summed E-state index contributed by atoms with van der Waals surface area (Å²) in [6.45, 7) is -0.407. The molecule has 1 atom stereocenters. The molecule has 0 saturated carbocycles. The van der Waals surface area contributed by atoms with Crippen LogP contribution in [0.1, 0.15) is 6.42 Å². The van der Waals surface area contributed by atoms with Crippen LogP contribution in [-0.4, -0.2) is 49.7 Å². The van der Waals surface area contributed by atoms with E-state index in [1.807, 2.05) is 0 Å². The zero-order chi connectivity index (χ0) is 17.0. The van der Waals surface area contributed by atoms with Gasteiger partial charge >= 0.3 is 5.69 Å². The van der Waals surface area contributed by atoms with Crippen LogP contribution in [0.15, 0.2) is 23.1 Å². The summed E-state index contributed by atoms with van der Waals surface area (Å²) in [5.74, 6) is -0.529. The van der Waals surface area contributed by atoms with Gasteiger partial charge < -0.3 is 10.1 Å². The Labute approximate surface area is 137 Å². The number of rotatable bonds is 6. The summed E-state index contributed by atoms with van der Waals surface area (Å²) in [5, 5.41) is 13.6. The molecule has 0 aromatic heterocycles. The standard InChI is InChI=1S/C13H16N2O6S2/c1-22-10-2-3-12(11(6-10)15(17)18)21-7-13(16)14-9-4-5-23(19,20)8-9/h2-3,6,9H,4-5,7-8H2,1H3,(H,14,16)/t9-/m1/s1. The fourth-order valence-electron chi connectivity index (χ4n) is 2.21. The van der Waals surface area contributed by atoms with E-state index in [0.29, 0.717) is 11.3 Å². The van der Waals surface area contributed by atoms with Crippen molar-refractivity contribution in [1.82, 2.24) is 5.32 Å². The number of nitrogens with zero attached hydrogens (tertiary/aromatic N) is 1. The van der Waals surface area contributed by atoms with Crippen molar-refractivity contribution in [2.75, 3.05) is 24.4 Å². The number of ether oxygens (including phenoxy) is 1. The second kappa shape index (κ2) is 7.18. The molecule has 0 radical (unpaired) electrons. The maximum absolute atomic E-state index is 11.8. The highest BCUT2D eigenvalue weighted by molar-refractivity contribution is 7.98. The largest absolute Gasteiger partial charge is 0.477 e. The third kappa shape index (κ3) is 4.83. The lowest BCUT2D eigenvalue weighted by Gasteiger charge is -2.12. The van der Waals surface area contributed by atoms with E-state index in [9.17, 15) is 23.3 Å². The number of thioether (sulfide) groups is 1. The molecule has 23 heavy (non-hydrogen) atoms. The zero-order valence-electron chi connectivity index (χ0n) is 12.4. The quantitative estimate of drug-likeness (QED) is 0.457. The smallest absolute Gasteiger partial charge is 0.312 e. The Morgan fingerprint density at radius 2 is 2.26 bits per heavy atom. The summed E-state index contributed by atoms with van der Waals surface area (Å²) in [6.07, 6.45) is 2.17. The minimum absolute atomic E-state index is 0.00185. The second-order valence-electron chi connectivity index (χ2n) is 5.05. The van der Waals surface area contributed by atoms with Gasteiger partial charge in [0, 0.05) is 17.0 Å². The Balaban J connectivity index is 1.95. The van der Waals surface area contributed by atoms with Crippen molar-refractivity contribution in [2.45, 2.75) is 17.4 Å². The number of hydrogen-bond donors (Lipinski definition) is 1. The second-order valence-corrected chi connectivity index (χ2v) is 8.16. The minimum atomic E-state index is -3.08. The van der Waals surface area contributed by atoms with Crippen molar-refractivity contribution in [2.24, 2.45) is 0 Å². The van der Waals surface area contributed by atoms with Gasteiger partial charge in [-0.1, -0.05) is 0 Å². The molecule has 10 heteroatoms. The molecule has 1 aliphatic heterocycles. The molecule has 1 amide bonds. The van der Waals surface area contributed by atoms with Crippen LogP contribution < -0.4 is 10.1 Å². The summed E-state index contributed by atoms with van der Waals surface area (Å²) in [6, 6.07) is 4.05. The molecular weight excluding hydrogens is 344 g/mol. The number of nitro benzene ring substituents is 1. The maximum Gasteiger partial charge on any atom is 0.312 e. The molecule has 1 N–H and O–H groups in total. The molecule has 1 aromatic carbocycles. The van der Waals surface area contributed by atoms with Gasteiger partial charge in [0.1, 0.15) is 0 Å². The number of carbonyl (C=O) groups excluding carboxylic acids is 1. The van der Waals surface area contributed by atoms with Crippen LogP contribution in [0.25, 0.3) is 0 Å². The Hall–Kier alpha value is -1.81. The Morgan fingerprint density at radius 1 is 1.52 bits per heavy atom. The van der Waals surface area contributed by atoms with Gasteiger partial charge in [0.15, 0.2) is 22.2 Å². The lowest BCUT2D eigenvalue weighted by molar-refractivity contribution is -0.386. The summed E-state index contributed by atoms with van der Waals surface area (Å²) >= 11 is 1.36. The average Bonchev–Trinajstić information content (AvgIpc) is 2.83. The van der Waals surface area contributed by atoms with Crippen molar-refractivity contribution in [3.8, 4) is 5.75 Å². The molecule has 2 rings (SSSR count). The van der Waals surface area contributed by atoms with E-state index in [2.05, 4.69) is 5.32 Å². The van der Waals surface area contributed by atoms with Crippen LogP contribution in [0, 0.1) is 10.1 Å². The summed E-state index contributed by atoms with van der Waals surface area (Å²) < 4.78 is 27.9. The Bertz CT molecular complexity index is 719. The third-order valence-corrected chi connectivity index (χ3v) is 5.81. The van der Waals surface area contributed by atoms with Gasteiger partial charge in [-0.3, -0.25) is 14.9 Å². The van der Waals surface area contributed by atoms with Gasteiger partial charge in [0.05, 0.1) is 16.4 Å². The number of benzene rings is 1. The first-order valence-corrected chi connectivity index (χ1v) is 9.80. The topological polar surface area (TPSA) is 116 Å². The minimum Gasteiger partial charge on any atom is -0.477 e. The Kier molecular flexibility index (Phi) is 5.47. The van der Waals surface area contributed by atoms with E-state index in [0.717, 1.165) is 0 Å². The van der Waals surface area contributed by atoms with Crippen molar-refractivity contribution >= 4 is 33.2 Å². The summed E-state index contributed by atoms with van der Waals surface area (Å²) in [7, 11) is -3.08. The van der Waals surface area contributed by atoms with Gasteiger partial charge in [-0.25, -0.2) is 8.42 Å². The fourth-order valence-corrected chi connectivity index (χ4v) is 4.32. The molecule has 0 bridgehead atoms. The van der Waals surface area contributed by atoms with Crippen LogP contribution in [0.2, 0.25) is 0 Å². The summed E-state index contributed by atoms with van der Waals surface area (Å²) in [4.78, 5) is 23.0. The highest BCUT2D eigenvalue weighted by Crippen LogP contribution is 2.31. The molecule has 1 heterocycles. The van der Waals surface area contributed by atoms with Crippen molar-refractivity contribution in [3.63, 3.8) is 0 Å². The van der Waals surface area contributed by atoms with Crippen LogP contribution in [0.5, 0.6) is 5.75 Å². The fraction of sp³-hybridized carbons (Fsp3) is 0.462. The molecule has 126 valence electrons. The number of hydrogen-bond acceptors (Lipinski definition) is 7. The zero-order valence-corrected chi connectivity index (χ0v) is 14.0. The van der Waals surface area contributed by atoms with E-state index in [-0.39, 0.29) is 22.9 Å². The first kappa shape index (κ1) is 17.5. The van der Waals surface area contributed by atoms with Gasteiger partial charge in [-0.15, -0.1) is 11.8 Å². The monoisotopic (exact) mass is 360 g/mol. The van der Waals surface area contributed by atoms with Crippen LogP contribution in [0.4, 0.5) is 5.69 Å². The molecule has 0 unspecified atom stereocenters. The van der Waals surface area contributed by atoms with Gasteiger partial charge in [0.25, 0.3) is 5.91 Å². The predicted octanol–water partition coefficient (Wildman–Crippen LogP) is 0.999. The number of nitrogens with one attached hydrogen (secondary N) is 1. The van der Waals surface area contributed by atoms with E-state index in [4.69, 9.17) is 4.74 Å². The first-order chi connectivity index (χ1) is 10.8. The van der Waals surface area contributed by atoms with E-state index >= 15 is 0 Å². The summed E-state index contributed by atoms with van der Waals surface area (Å²) in [5.41, 5.74) is -0.215. The normalized spacial score (nSPS) is 19.3. The number of sulfone groups is 1. The van der Waals surface area contributed by atoms with Crippen molar-refractivity contribution in [3.05, 3.63) is 28.3 Å². The van der Waals surface area contributed by atoms with Crippen LogP contribution in [-0.2, 0) is 14.6 Å². The molecule has 0 aliphatic carbocycles. The third-order valence-electron chi connectivity index (χ3n) is 3.32. The first-order valence-electron chi connectivity index (χ1n) is 6.76. The van der Waals surface area contributed by atoms with E-state index in [1.54, 1.807) is 12.3 Å². The molecule has 1 aromatic rings. The lowest BCUT2D eigenvalue weighted by atomic mass is 10.2. The molecule has 1 fully saturated rings. The average molecular weight is 360 g/mol. The van der Waals surface area contributed by atoms with Crippen LogP contribution in [0.3, 0.4) is 0 Å². The molecule has 0 spiro atoms. The Morgan fingerprint density at radius 3 is 2.83 bits per heavy atom. The number of nitro groups is 1. The van der Waals surface area contributed by atoms with E-state index < -0.39 is 33.3 Å². The van der Waals surface area contributed by atoms with E-state index in [1.165, 1.54) is 23.9 Å². The lowest BCUT2D eigenvalue weighted by Crippen LogP contribution is -2.38. The van der Waals surface area contributed by atoms with Gasteiger partial charge in [-0.05, 0) is 24.8 Å².